The quantitative estimate of drug-likeness (QED) is 0.631. The predicted octanol–water partition coefficient (Wildman–Crippen LogP) is 3.69. The molecule has 2 unspecified atom stereocenters. The van der Waals surface area contributed by atoms with Crippen molar-refractivity contribution in [2.75, 3.05) is 6.61 Å². The number of para-hydroxylation sites is 1. The summed E-state index contributed by atoms with van der Waals surface area (Å²) in [6.45, 7) is 5.73. The molecule has 2 atom stereocenters. The van der Waals surface area contributed by atoms with E-state index in [1.54, 1.807) is 31.2 Å². The van der Waals surface area contributed by atoms with Crippen LogP contribution in [0.5, 0.6) is 5.75 Å². The summed E-state index contributed by atoms with van der Waals surface area (Å²) in [6, 6.07) is 12.6. The van der Waals surface area contributed by atoms with Crippen molar-refractivity contribution in [3.05, 3.63) is 65.4 Å². The predicted molar refractivity (Wildman–Crippen MR) is 110 cm³/mol. The SMILES string of the molecule is CCOc1cccc2cc(C(C)NC(=O)C(C)N3C(=O)c4ccccc4C3=O)oc12. The van der Waals surface area contributed by atoms with E-state index >= 15 is 0 Å². The van der Waals surface area contributed by atoms with Crippen LogP contribution in [-0.2, 0) is 4.79 Å². The van der Waals surface area contributed by atoms with E-state index in [1.165, 1.54) is 6.92 Å². The zero-order chi connectivity index (χ0) is 21.4. The van der Waals surface area contributed by atoms with Gasteiger partial charge in [-0.3, -0.25) is 19.3 Å². The first-order chi connectivity index (χ1) is 14.4. The van der Waals surface area contributed by atoms with E-state index in [0.717, 1.165) is 10.3 Å². The third kappa shape index (κ3) is 3.22. The lowest BCUT2D eigenvalue weighted by atomic mass is 10.1. The molecule has 0 fully saturated rings. The summed E-state index contributed by atoms with van der Waals surface area (Å²) in [4.78, 5) is 39.1. The summed E-state index contributed by atoms with van der Waals surface area (Å²) in [7, 11) is 0. The largest absolute Gasteiger partial charge is 0.490 e. The second-order valence-electron chi connectivity index (χ2n) is 7.19. The number of furan rings is 1. The average Bonchev–Trinajstić information content (AvgIpc) is 3.29. The number of hydrogen-bond acceptors (Lipinski definition) is 5. The van der Waals surface area contributed by atoms with Gasteiger partial charge in [-0.25, -0.2) is 0 Å². The molecule has 0 aliphatic carbocycles. The van der Waals surface area contributed by atoms with Crippen LogP contribution in [0, 0.1) is 0 Å². The molecular formula is C23H22N2O5. The number of imide groups is 1. The first-order valence-electron chi connectivity index (χ1n) is 9.85. The number of carbonyl (C=O) groups is 3. The third-order valence-corrected chi connectivity index (χ3v) is 5.20. The Kier molecular flexibility index (Phi) is 5.03. The molecule has 3 amide bonds. The van der Waals surface area contributed by atoms with E-state index in [-0.39, 0.29) is 0 Å². The number of hydrogen-bond donors (Lipinski definition) is 1. The maximum Gasteiger partial charge on any atom is 0.262 e. The van der Waals surface area contributed by atoms with E-state index in [0.29, 0.717) is 34.8 Å². The Balaban J connectivity index is 1.51. The lowest BCUT2D eigenvalue weighted by molar-refractivity contribution is -0.125. The van der Waals surface area contributed by atoms with E-state index in [4.69, 9.17) is 9.15 Å². The molecule has 154 valence electrons. The molecule has 3 aromatic rings. The van der Waals surface area contributed by atoms with Crippen molar-refractivity contribution in [3.8, 4) is 5.75 Å². The molecule has 0 saturated heterocycles. The van der Waals surface area contributed by atoms with Gasteiger partial charge in [0.15, 0.2) is 11.3 Å². The summed E-state index contributed by atoms with van der Waals surface area (Å²) < 4.78 is 11.5. The standard InChI is InChI=1S/C23H22N2O5/c1-4-29-18-11-7-8-15-12-19(30-20(15)18)13(2)24-21(26)14(3)25-22(27)16-9-5-6-10-17(16)23(25)28/h5-14H,4H2,1-3H3,(H,24,26). The molecule has 1 N–H and O–H groups in total. The van der Waals surface area contributed by atoms with E-state index < -0.39 is 29.8 Å². The first-order valence-corrected chi connectivity index (χ1v) is 9.85. The molecule has 30 heavy (non-hydrogen) atoms. The average molecular weight is 406 g/mol. The maximum absolute atomic E-state index is 12.8. The minimum atomic E-state index is -0.955. The highest BCUT2D eigenvalue weighted by atomic mass is 16.5. The Morgan fingerprint density at radius 1 is 1.07 bits per heavy atom. The van der Waals surface area contributed by atoms with Gasteiger partial charge in [0.25, 0.3) is 11.8 Å². The zero-order valence-electron chi connectivity index (χ0n) is 17.0. The Bertz CT molecular complexity index is 1110. The Morgan fingerprint density at radius 3 is 2.37 bits per heavy atom. The molecule has 4 rings (SSSR count). The monoisotopic (exact) mass is 406 g/mol. The fraction of sp³-hybridized carbons (Fsp3) is 0.261. The minimum Gasteiger partial charge on any atom is -0.490 e. The fourth-order valence-electron chi connectivity index (χ4n) is 3.62. The number of carbonyl (C=O) groups excluding carboxylic acids is 3. The molecule has 0 saturated carbocycles. The maximum atomic E-state index is 12.8. The van der Waals surface area contributed by atoms with E-state index in [1.807, 2.05) is 31.2 Å². The smallest absolute Gasteiger partial charge is 0.262 e. The number of fused-ring (bicyclic) bond motifs is 2. The van der Waals surface area contributed by atoms with Crippen LogP contribution in [0.15, 0.2) is 52.9 Å². The Labute approximate surface area is 173 Å². The van der Waals surface area contributed by atoms with Gasteiger partial charge in [-0.05, 0) is 45.0 Å². The summed E-state index contributed by atoms with van der Waals surface area (Å²) in [5.41, 5.74) is 1.25. The highest BCUT2D eigenvalue weighted by molar-refractivity contribution is 6.22. The van der Waals surface area contributed by atoms with Crippen LogP contribution in [0.25, 0.3) is 11.0 Å². The van der Waals surface area contributed by atoms with Gasteiger partial charge >= 0.3 is 0 Å². The summed E-state index contributed by atoms with van der Waals surface area (Å²) >= 11 is 0. The number of nitrogens with one attached hydrogen (secondary N) is 1. The van der Waals surface area contributed by atoms with Gasteiger partial charge in [0, 0.05) is 5.39 Å². The number of benzene rings is 2. The van der Waals surface area contributed by atoms with Gasteiger partial charge in [0.05, 0.1) is 23.8 Å². The molecule has 2 aromatic carbocycles. The second kappa shape index (κ2) is 7.67. The number of rotatable bonds is 6. The molecule has 7 nitrogen and oxygen atoms in total. The first kappa shape index (κ1) is 19.7. The molecule has 0 bridgehead atoms. The van der Waals surface area contributed by atoms with Crippen molar-refractivity contribution in [3.63, 3.8) is 0 Å². The molecule has 0 radical (unpaired) electrons. The molecule has 1 aromatic heterocycles. The van der Waals surface area contributed by atoms with Crippen molar-refractivity contribution in [2.24, 2.45) is 0 Å². The zero-order valence-corrected chi connectivity index (χ0v) is 17.0. The minimum absolute atomic E-state index is 0.316. The van der Waals surface area contributed by atoms with Crippen LogP contribution in [0.3, 0.4) is 0 Å². The Hall–Kier alpha value is -3.61. The molecule has 2 heterocycles. The summed E-state index contributed by atoms with van der Waals surface area (Å²) in [5.74, 6) is -0.172. The molecule has 1 aliphatic rings. The summed E-state index contributed by atoms with van der Waals surface area (Å²) in [5, 5.41) is 3.70. The topological polar surface area (TPSA) is 88.9 Å². The number of nitrogens with zero attached hydrogens (tertiary/aromatic N) is 1. The van der Waals surface area contributed by atoms with Crippen LogP contribution in [-0.4, -0.2) is 35.3 Å². The second-order valence-corrected chi connectivity index (χ2v) is 7.19. The van der Waals surface area contributed by atoms with Crippen LogP contribution in [0.4, 0.5) is 0 Å². The molecule has 1 aliphatic heterocycles. The van der Waals surface area contributed by atoms with Crippen molar-refractivity contribution >= 4 is 28.7 Å². The lowest BCUT2D eigenvalue weighted by Crippen LogP contribution is -2.48. The van der Waals surface area contributed by atoms with Crippen LogP contribution < -0.4 is 10.1 Å². The van der Waals surface area contributed by atoms with Crippen molar-refractivity contribution < 1.29 is 23.5 Å². The van der Waals surface area contributed by atoms with E-state index in [2.05, 4.69) is 5.32 Å². The van der Waals surface area contributed by atoms with Crippen LogP contribution >= 0.6 is 0 Å². The Morgan fingerprint density at radius 2 is 1.73 bits per heavy atom. The van der Waals surface area contributed by atoms with Crippen molar-refractivity contribution in [1.82, 2.24) is 10.2 Å². The molecular weight excluding hydrogens is 384 g/mol. The molecule has 7 heteroatoms. The number of amides is 3. The van der Waals surface area contributed by atoms with Gasteiger partial charge in [-0.15, -0.1) is 0 Å². The van der Waals surface area contributed by atoms with Crippen LogP contribution in [0.1, 0.15) is 53.3 Å². The normalized spacial score (nSPS) is 15.2. The highest BCUT2D eigenvalue weighted by Crippen LogP contribution is 2.31. The summed E-state index contributed by atoms with van der Waals surface area (Å²) in [6.07, 6.45) is 0. The van der Waals surface area contributed by atoms with E-state index in [9.17, 15) is 14.4 Å². The molecule has 0 spiro atoms. The van der Waals surface area contributed by atoms with Crippen LogP contribution in [0.2, 0.25) is 0 Å². The number of ether oxygens (including phenoxy) is 1. The van der Waals surface area contributed by atoms with Gasteiger partial charge in [0.2, 0.25) is 5.91 Å². The fourth-order valence-corrected chi connectivity index (χ4v) is 3.62. The third-order valence-electron chi connectivity index (χ3n) is 5.20. The van der Waals surface area contributed by atoms with Gasteiger partial charge < -0.3 is 14.5 Å². The van der Waals surface area contributed by atoms with Gasteiger partial charge in [0.1, 0.15) is 11.8 Å². The van der Waals surface area contributed by atoms with Crippen molar-refractivity contribution in [2.45, 2.75) is 32.9 Å². The van der Waals surface area contributed by atoms with Gasteiger partial charge in [-0.2, -0.15) is 0 Å². The van der Waals surface area contributed by atoms with Crippen molar-refractivity contribution in [1.29, 1.82) is 0 Å². The van der Waals surface area contributed by atoms with Gasteiger partial charge in [-0.1, -0.05) is 24.3 Å². The highest BCUT2D eigenvalue weighted by Gasteiger charge is 2.40. The lowest BCUT2D eigenvalue weighted by Gasteiger charge is -2.23.